The molecule has 8 nitrogen and oxygen atoms in total. The number of amides is 3. The number of imide groups is 1. The van der Waals surface area contributed by atoms with Crippen molar-refractivity contribution >= 4 is 46.6 Å². The van der Waals surface area contributed by atoms with Crippen LogP contribution in [0.2, 0.25) is 4.34 Å². The molecular formula is C16H15ClN2O6S. The Morgan fingerprint density at radius 3 is 2.62 bits per heavy atom. The Bertz CT molecular complexity index is 787. The van der Waals surface area contributed by atoms with Crippen LogP contribution in [-0.2, 0) is 20.9 Å². The summed E-state index contributed by atoms with van der Waals surface area (Å²) in [6, 6.07) is 5.76. The molecule has 2 aromatic heterocycles. The highest BCUT2D eigenvalue weighted by Crippen LogP contribution is 2.22. The van der Waals surface area contributed by atoms with Crippen LogP contribution in [0.3, 0.4) is 0 Å². The summed E-state index contributed by atoms with van der Waals surface area (Å²) in [4.78, 5) is 46.9. The van der Waals surface area contributed by atoms with Gasteiger partial charge in [-0.05, 0) is 24.3 Å². The van der Waals surface area contributed by atoms with Gasteiger partial charge >= 0.3 is 12.0 Å². The van der Waals surface area contributed by atoms with Crippen molar-refractivity contribution in [3.8, 4) is 0 Å². The minimum absolute atomic E-state index is 0.0546. The van der Waals surface area contributed by atoms with Crippen molar-refractivity contribution in [1.82, 2.24) is 10.6 Å². The smallest absolute Gasteiger partial charge is 0.321 e. The zero-order chi connectivity index (χ0) is 18.9. The number of ketones is 1. The van der Waals surface area contributed by atoms with Gasteiger partial charge in [-0.15, -0.1) is 11.3 Å². The summed E-state index contributed by atoms with van der Waals surface area (Å²) in [5.74, 6) is -1.21. The first kappa shape index (κ1) is 19.7. The van der Waals surface area contributed by atoms with Crippen molar-refractivity contribution in [2.75, 3.05) is 6.61 Å². The molecule has 10 heteroatoms. The number of nitrogens with one attached hydrogen (secondary N) is 2. The maximum Gasteiger partial charge on any atom is 0.321 e. The molecule has 0 spiro atoms. The summed E-state index contributed by atoms with van der Waals surface area (Å²) >= 11 is 6.86. The summed E-state index contributed by atoms with van der Waals surface area (Å²) < 4.78 is 10.2. The summed E-state index contributed by atoms with van der Waals surface area (Å²) in [7, 11) is 0. The van der Waals surface area contributed by atoms with Crippen LogP contribution >= 0.6 is 22.9 Å². The van der Waals surface area contributed by atoms with Crippen molar-refractivity contribution < 1.29 is 28.3 Å². The third-order valence-corrected chi connectivity index (χ3v) is 4.30. The fourth-order valence-corrected chi connectivity index (χ4v) is 2.82. The maximum absolute atomic E-state index is 11.8. The molecule has 0 radical (unpaired) electrons. The highest BCUT2D eigenvalue weighted by molar-refractivity contribution is 7.18. The van der Waals surface area contributed by atoms with Crippen LogP contribution in [0.15, 0.2) is 34.9 Å². The van der Waals surface area contributed by atoms with E-state index in [2.05, 4.69) is 5.32 Å². The molecule has 3 amide bonds. The number of hydrogen-bond acceptors (Lipinski definition) is 7. The average Bonchev–Trinajstić information content (AvgIpc) is 3.27. The Kier molecular flexibility index (Phi) is 7.37. The second kappa shape index (κ2) is 9.73. The van der Waals surface area contributed by atoms with Crippen LogP contribution in [0.4, 0.5) is 4.79 Å². The van der Waals surface area contributed by atoms with E-state index in [4.69, 9.17) is 20.8 Å². The lowest BCUT2D eigenvalue weighted by molar-refractivity contribution is -0.148. The van der Waals surface area contributed by atoms with E-state index in [0.717, 1.165) is 11.3 Å². The molecule has 0 fully saturated rings. The molecule has 138 valence electrons. The predicted octanol–water partition coefficient (Wildman–Crippen LogP) is 2.53. The highest BCUT2D eigenvalue weighted by Gasteiger charge is 2.14. The van der Waals surface area contributed by atoms with E-state index in [1.807, 2.05) is 5.32 Å². The standard InChI is InChI=1S/C16H15ClN2O6S/c17-13-5-4-12(26-13)11(20)3-6-15(22)25-9-14(21)19-16(23)18-8-10-2-1-7-24-10/h1-2,4-5,7H,3,6,8-9H2,(H2,18,19,21,23). The average molecular weight is 399 g/mol. The number of rotatable bonds is 8. The van der Waals surface area contributed by atoms with Gasteiger partial charge in [-0.1, -0.05) is 11.6 Å². The summed E-state index contributed by atoms with van der Waals surface area (Å²) in [5.41, 5.74) is 0. The van der Waals surface area contributed by atoms with E-state index in [1.54, 1.807) is 24.3 Å². The lowest BCUT2D eigenvalue weighted by Crippen LogP contribution is -2.41. The second-order valence-electron chi connectivity index (χ2n) is 5.00. The van der Waals surface area contributed by atoms with Crippen LogP contribution < -0.4 is 10.6 Å². The first-order chi connectivity index (χ1) is 12.4. The first-order valence-corrected chi connectivity index (χ1v) is 8.67. The topological polar surface area (TPSA) is 115 Å². The highest BCUT2D eigenvalue weighted by atomic mass is 35.5. The van der Waals surface area contributed by atoms with Crippen LogP contribution in [0.25, 0.3) is 0 Å². The molecule has 0 aliphatic rings. The normalized spacial score (nSPS) is 10.2. The van der Waals surface area contributed by atoms with Crippen molar-refractivity contribution in [2.45, 2.75) is 19.4 Å². The molecule has 2 rings (SSSR count). The third-order valence-electron chi connectivity index (χ3n) is 3.02. The zero-order valence-electron chi connectivity index (χ0n) is 13.5. The van der Waals surface area contributed by atoms with E-state index in [9.17, 15) is 19.2 Å². The lowest BCUT2D eigenvalue weighted by Gasteiger charge is -2.06. The quantitative estimate of drug-likeness (QED) is 0.521. The van der Waals surface area contributed by atoms with E-state index >= 15 is 0 Å². The maximum atomic E-state index is 11.8. The molecular weight excluding hydrogens is 384 g/mol. The van der Waals surface area contributed by atoms with Gasteiger partial charge in [-0.2, -0.15) is 0 Å². The van der Waals surface area contributed by atoms with Gasteiger partial charge in [0.25, 0.3) is 5.91 Å². The molecule has 2 aromatic rings. The van der Waals surface area contributed by atoms with Gasteiger partial charge in [-0.3, -0.25) is 19.7 Å². The third kappa shape index (κ3) is 6.69. The number of hydrogen-bond donors (Lipinski definition) is 2. The van der Waals surface area contributed by atoms with Crippen molar-refractivity contribution in [3.05, 3.63) is 45.5 Å². The van der Waals surface area contributed by atoms with E-state index in [0.29, 0.717) is 15.0 Å². The van der Waals surface area contributed by atoms with E-state index in [1.165, 1.54) is 6.26 Å². The van der Waals surface area contributed by atoms with Gasteiger partial charge in [0, 0.05) is 6.42 Å². The first-order valence-electron chi connectivity index (χ1n) is 7.48. The number of thiophene rings is 1. The number of esters is 1. The van der Waals surface area contributed by atoms with Crippen molar-refractivity contribution in [2.24, 2.45) is 0 Å². The SMILES string of the molecule is O=C(COC(=O)CCC(=O)c1ccc(Cl)s1)NC(=O)NCc1ccco1. The Balaban J connectivity index is 1.61. The molecule has 2 heterocycles. The number of carbonyl (C=O) groups is 4. The molecule has 0 aromatic carbocycles. The number of Topliss-reactive ketones (excluding diaryl/α,β-unsaturated/α-hetero) is 1. The second-order valence-corrected chi connectivity index (χ2v) is 6.71. The van der Waals surface area contributed by atoms with Gasteiger partial charge in [-0.25, -0.2) is 4.79 Å². The zero-order valence-corrected chi connectivity index (χ0v) is 15.0. The van der Waals surface area contributed by atoms with Gasteiger partial charge in [0.15, 0.2) is 12.4 Å². The van der Waals surface area contributed by atoms with Crippen molar-refractivity contribution in [1.29, 1.82) is 0 Å². The molecule has 0 atom stereocenters. The van der Waals surface area contributed by atoms with Crippen molar-refractivity contribution in [3.63, 3.8) is 0 Å². The lowest BCUT2D eigenvalue weighted by atomic mass is 10.2. The molecule has 0 aliphatic carbocycles. The Hall–Kier alpha value is -2.65. The van der Waals surface area contributed by atoms with Gasteiger partial charge in [0.1, 0.15) is 5.76 Å². The van der Waals surface area contributed by atoms with Crippen LogP contribution in [0, 0.1) is 0 Å². The minimum Gasteiger partial charge on any atom is -0.467 e. The summed E-state index contributed by atoms with van der Waals surface area (Å²) in [6.45, 7) is -0.507. The van der Waals surface area contributed by atoms with Crippen LogP contribution in [-0.4, -0.2) is 30.3 Å². The molecule has 0 saturated carbocycles. The predicted molar refractivity (Wildman–Crippen MR) is 92.9 cm³/mol. The Labute approximate surface area is 157 Å². The van der Waals surface area contributed by atoms with Gasteiger partial charge in [0.05, 0.1) is 28.4 Å². The summed E-state index contributed by atoms with van der Waals surface area (Å²) in [6.07, 6.45) is 1.23. The van der Waals surface area contributed by atoms with E-state index < -0.39 is 24.5 Å². The molecule has 2 N–H and O–H groups in total. The minimum atomic E-state index is -0.785. The van der Waals surface area contributed by atoms with Crippen LogP contribution in [0.1, 0.15) is 28.3 Å². The fraction of sp³-hybridized carbons (Fsp3) is 0.250. The van der Waals surface area contributed by atoms with Gasteiger partial charge < -0.3 is 14.5 Å². The molecule has 0 bridgehead atoms. The molecule has 26 heavy (non-hydrogen) atoms. The number of halogens is 1. The Morgan fingerprint density at radius 1 is 1.15 bits per heavy atom. The van der Waals surface area contributed by atoms with Crippen LogP contribution in [0.5, 0.6) is 0 Å². The number of carbonyl (C=O) groups excluding carboxylic acids is 4. The number of ether oxygens (including phenoxy) is 1. The number of urea groups is 1. The fourth-order valence-electron chi connectivity index (χ4n) is 1.81. The Morgan fingerprint density at radius 2 is 1.96 bits per heavy atom. The summed E-state index contributed by atoms with van der Waals surface area (Å²) in [5, 5.41) is 4.41. The molecule has 0 aliphatic heterocycles. The molecule has 0 unspecified atom stereocenters. The molecule has 0 saturated heterocycles. The number of furan rings is 1. The largest absolute Gasteiger partial charge is 0.467 e. The monoisotopic (exact) mass is 398 g/mol. The van der Waals surface area contributed by atoms with Gasteiger partial charge in [0.2, 0.25) is 0 Å². The van der Waals surface area contributed by atoms with E-state index in [-0.39, 0.29) is 25.2 Å².